The van der Waals surface area contributed by atoms with Gasteiger partial charge in [-0.2, -0.15) is 0 Å². The van der Waals surface area contributed by atoms with Crippen LogP contribution in [0.25, 0.3) is 0 Å². The highest BCUT2D eigenvalue weighted by atomic mass is 79.9. The Bertz CT molecular complexity index is 999. The Morgan fingerprint density at radius 2 is 1.77 bits per heavy atom. The van der Waals surface area contributed by atoms with Crippen molar-refractivity contribution in [1.82, 2.24) is 10.2 Å². The number of likely N-dealkylation sites (N-methyl/N-ethyl adjacent to an activating group) is 1. The molecule has 9 heteroatoms. The third-order valence-corrected chi connectivity index (χ3v) is 6.41. The number of benzene rings is 2. The van der Waals surface area contributed by atoms with Gasteiger partial charge in [0, 0.05) is 17.6 Å². The molecule has 2 aromatic rings. The molecule has 0 aliphatic carbocycles. The van der Waals surface area contributed by atoms with Crippen molar-refractivity contribution in [3.63, 3.8) is 0 Å². The van der Waals surface area contributed by atoms with Gasteiger partial charge in [-0.3, -0.25) is 13.9 Å². The number of hydrogen-bond donors (Lipinski definition) is 1. The first kappa shape index (κ1) is 24.9. The lowest BCUT2D eigenvalue weighted by Gasteiger charge is -2.31. The third-order valence-electron chi connectivity index (χ3n) is 4.78. The van der Waals surface area contributed by atoms with Crippen LogP contribution in [0, 0.1) is 0 Å². The molecule has 1 N–H and O–H groups in total. The molecule has 0 aromatic heterocycles. The minimum Gasteiger partial charge on any atom is -0.355 e. The molecule has 168 valence electrons. The molecule has 0 saturated carbocycles. The molecular weight excluding hydrogens is 482 g/mol. The van der Waals surface area contributed by atoms with E-state index in [0.717, 1.165) is 16.1 Å². The molecular formula is C22H28BrN3O4S. The van der Waals surface area contributed by atoms with Crippen molar-refractivity contribution in [3.8, 4) is 0 Å². The van der Waals surface area contributed by atoms with E-state index in [-0.39, 0.29) is 12.5 Å². The van der Waals surface area contributed by atoms with Crippen LogP contribution in [-0.4, -0.2) is 57.1 Å². The Hall–Kier alpha value is -2.39. The van der Waals surface area contributed by atoms with Crippen molar-refractivity contribution < 1.29 is 18.0 Å². The largest absolute Gasteiger partial charge is 0.355 e. The van der Waals surface area contributed by atoms with Crippen LogP contribution in [0.1, 0.15) is 19.4 Å². The molecule has 0 aliphatic rings. The zero-order valence-electron chi connectivity index (χ0n) is 17.9. The van der Waals surface area contributed by atoms with Crippen LogP contribution in [0.2, 0.25) is 0 Å². The monoisotopic (exact) mass is 509 g/mol. The predicted octanol–water partition coefficient (Wildman–Crippen LogP) is 2.81. The normalized spacial score (nSPS) is 12.1. The number of hydrogen-bond acceptors (Lipinski definition) is 4. The maximum Gasteiger partial charge on any atom is 0.244 e. The van der Waals surface area contributed by atoms with E-state index in [2.05, 4.69) is 21.2 Å². The summed E-state index contributed by atoms with van der Waals surface area (Å²) < 4.78 is 26.6. The second kappa shape index (κ2) is 11.3. The first-order valence-corrected chi connectivity index (χ1v) is 12.6. The molecule has 0 spiro atoms. The Morgan fingerprint density at radius 1 is 1.10 bits per heavy atom. The van der Waals surface area contributed by atoms with Crippen molar-refractivity contribution in [1.29, 1.82) is 0 Å². The number of rotatable bonds is 10. The summed E-state index contributed by atoms with van der Waals surface area (Å²) in [6.07, 6.45) is 1.61. The molecule has 0 heterocycles. The summed E-state index contributed by atoms with van der Waals surface area (Å²) in [5.74, 6) is -0.725. The number of amides is 2. The fourth-order valence-corrected chi connectivity index (χ4v) is 4.37. The zero-order valence-corrected chi connectivity index (χ0v) is 20.3. The standard InChI is InChI=1S/C22H28BrN3O4S/c1-4-24-22(28)17(2)25(14-13-18-9-6-5-7-10-18)21(27)16-26(31(3,29)30)20-12-8-11-19(23)15-20/h5-12,15,17H,4,13-14,16H2,1-3H3,(H,24,28)/t17-/m1/s1. The summed E-state index contributed by atoms with van der Waals surface area (Å²) in [7, 11) is -3.72. The molecule has 2 amide bonds. The molecule has 7 nitrogen and oxygen atoms in total. The van der Waals surface area contributed by atoms with Crippen LogP contribution in [0.15, 0.2) is 59.1 Å². The minimum absolute atomic E-state index is 0.280. The number of nitrogens with one attached hydrogen (secondary N) is 1. The van der Waals surface area contributed by atoms with E-state index in [9.17, 15) is 18.0 Å². The first-order valence-electron chi connectivity index (χ1n) is 9.98. The fraction of sp³-hybridized carbons (Fsp3) is 0.364. The SMILES string of the molecule is CCNC(=O)[C@@H](C)N(CCc1ccccc1)C(=O)CN(c1cccc(Br)c1)S(C)(=O)=O. The van der Waals surface area contributed by atoms with Crippen molar-refractivity contribution in [2.75, 3.05) is 30.2 Å². The molecule has 0 radical (unpaired) electrons. The molecule has 0 fully saturated rings. The molecule has 2 aromatic carbocycles. The van der Waals surface area contributed by atoms with Gasteiger partial charge in [0.25, 0.3) is 0 Å². The van der Waals surface area contributed by atoms with Crippen molar-refractivity contribution in [2.24, 2.45) is 0 Å². The van der Waals surface area contributed by atoms with Crippen molar-refractivity contribution >= 4 is 43.5 Å². The number of halogens is 1. The highest BCUT2D eigenvalue weighted by Crippen LogP contribution is 2.22. The van der Waals surface area contributed by atoms with Crippen LogP contribution >= 0.6 is 15.9 Å². The topological polar surface area (TPSA) is 86.8 Å². The van der Waals surface area contributed by atoms with Gasteiger partial charge >= 0.3 is 0 Å². The number of carbonyl (C=O) groups is 2. The molecule has 0 unspecified atom stereocenters. The van der Waals surface area contributed by atoms with Crippen LogP contribution in [0.4, 0.5) is 5.69 Å². The number of sulfonamides is 1. The zero-order chi connectivity index (χ0) is 23.0. The first-order chi connectivity index (χ1) is 14.6. The lowest BCUT2D eigenvalue weighted by atomic mass is 10.1. The molecule has 31 heavy (non-hydrogen) atoms. The minimum atomic E-state index is -3.72. The van der Waals surface area contributed by atoms with Gasteiger partial charge in [0.1, 0.15) is 12.6 Å². The summed E-state index contributed by atoms with van der Waals surface area (Å²) in [5, 5.41) is 2.73. The molecule has 2 rings (SSSR count). The highest BCUT2D eigenvalue weighted by molar-refractivity contribution is 9.10. The van der Waals surface area contributed by atoms with Gasteiger partial charge < -0.3 is 10.2 Å². The van der Waals surface area contributed by atoms with Gasteiger partial charge in [-0.1, -0.05) is 52.3 Å². The maximum absolute atomic E-state index is 13.3. The number of anilines is 1. The second-order valence-electron chi connectivity index (χ2n) is 7.14. The molecule has 0 saturated heterocycles. The maximum atomic E-state index is 13.3. The lowest BCUT2D eigenvalue weighted by Crippen LogP contribution is -2.52. The van der Waals surface area contributed by atoms with E-state index in [0.29, 0.717) is 23.1 Å². The van der Waals surface area contributed by atoms with Gasteiger partial charge in [-0.15, -0.1) is 0 Å². The van der Waals surface area contributed by atoms with E-state index in [4.69, 9.17) is 0 Å². The number of carbonyl (C=O) groups excluding carboxylic acids is 2. The Morgan fingerprint density at radius 3 is 2.35 bits per heavy atom. The van der Waals surface area contributed by atoms with E-state index >= 15 is 0 Å². The summed E-state index contributed by atoms with van der Waals surface area (Å²) in [6, 6.07) is 15.6. The van der Waals surface area contributed by atoms with Crippen LogP contribution in [0.3, 0.4) is 0 Å². The van der Waals surface area contributed by atoms with Crippen molar-refractivity contribution in [3.05, 3.63) is 64.6 Å². The smallest absolute Gasteiger partial charge is 0.244 e. The lowest BCUT2D eigenvalue weighted by molar-refractivity contribution is -0.138. The summed E-state index contributed by atoms with van der Waals surface area (Å²) in [5.41, 5.74) is 1.40. The van der Waals surface area contributed by atoms with E-state index < -0.39 is 28.5 Å². The summed E-state index contributed by atoms with van der Waals surface area (Å²) >= 11 is 3.33. The highest BCUT2D eigenvalue weighted by Gasteiger charge is 2.29. The fourth-order valence-electron chi connectivity index (χ4n) is 3.14. The van der Waals surface area contributed by atoms with Crippen LogP contribution in [0.5, 0.6) is 0 Å². The number of nitrogens with zero attached hydrogens (tertiary/aromatic N) is 2. The Kier molecular flexibility index (Phi) is 9.06. The molecule has 0 bridgehead atoms. The second-order valence-corrected chi connectivity index (χ2v) is 9.97. The van der Waals surface area contributed by atoms with Crippen LogP contribution < -0.4 is 9.62 Å². The van der Waals surface area contributed by atoms with Crippen molar-refractivity contribution in [2.45, 2.75) is 26.3 Å². The van der Waals surface area contributed by atoms with Gasteiger partial charge in [-0.25, -0.2) is 8.42 Å². The average Bonchev–Trinajstić information content (AvgIpc) is 2.72. The average molecular weight is 510 g/mol. The predicted molar refractivity (Wildman–Crippen MR) is 126 cm³/mol. The van der Waals surface area contributed by atoms with Crippen LogP contribution in [-0.2, 0) is 26.0 Å². The molecule has 1 atom stereocenters. The molecule has 0 aliphatic heterocycles. The van der Waals surface area contributed by atoms with Gasteiger partial charge in [0.15, 0.2) is 0 Å². The van der Waals surface area contributed by atoms with E-state index in [1.54, 1.807) is 38.1 Å². The van der Waals surface area contributed by atoms with E-state index in [1.165, 1.54) is 4.90 Å². The Balaban J connectivity index is 2.29. The quantitative estimate of drug-likeness (QED) is 0.533. The van der Waals surface area contributed by atoms with Gasteiger partial charge in [-0.05, 0) is 44.0 Å². The third kappa shape index (κ3) is 7.36. The Labute approximate surface area is 192 Å². The van der Waals surface area contributed by atoms with E-state index in [1.807, 2.05) is 30.3 Å². The summed E-state index contributed by atoms with van der Waals surface area (Å²) in [4.78, 5) is 27.2. The van der Waals surface area contributed by atoms with Gasteiger partial charge in [0.2, 0.25) is 21.8 Å². The summed E-state index contributed by atoms with van der Waals surface area (Å²) in [6.45, 7) is 3.79. The van der Waals surface area contributed by atoms with Gasteiger partial charge in [0.05, 0.1) is 11.9 Å².